The molecular formula is C28H33N5O2. The SMILES string of the molecule is CCc1nn(C(C)C)c2cc(N3CCN(CC(=O)c4cnco4)[C@@H](Cc4ccccc4)C3)ccc12. The van der Waals surface area contributed by atoms with Crippen LogP contribution in [0.15, 0.2) is 65.5 Å². The lowest BCUT2D eigenvalue weighted by atomic mass is 10.0. The monoisotopic (exact) mass is 471 g/mol. The third-order valence-electron chi connectivity index (χ3n) is 6.93. The van der Waals surface area contributed by atoms with Gasteiger partial charge in [0, 0.05) is 42.8 Å². The predicted octanol–water partition coefficient (Wildman–Crippen LogP) is 4.78. The summed E-state index contributed by atoms with van der Waals surface area (Å²) in [5, 5.41) is 6.11. The van der Waals surface area contributed by atoms with Crippen LogP contribution in [-0.2, 0) is 12.8 Å². The first-order chi connectivity index (χ1) is 17.0. The van der Waals surface area contributed by atoms with Gasteiger partial charge in [-0.1, -0.05) is 37.3 Å². The molecule has 0 aliphatic carbocycles. The number of aryl methyl sites for hydroxylation is 1. The van der Waals surface area contributed by atoms with E-state index in [9.17, 15) is 4.79 Å². The summed E-state index contributed by atoms with van der Waals surface area (Å²) < 4.78 is 7.40. The molecule has 0 unspecified atom stereocenters. The van der Waals surface area contributed by atoms with Crippen LogP contribution in [0.2, 0.25) is 0 Å². The van der Waals surface area contributed by atoms with Crippen LogP contribution in [-0.4, -0.2) is 57.7 Å². The van der Waals surface area contributed by atoms with Gasteiger partial charge in [-0.15, -0.1) is 0 Å². The Hall–Kier alpha value is -3.45. The quantitative estimate of drug-likeness (QED) is 0.345. The molecule has 4 aromatic rings. The molecule has 7 nitrogen and oxygen atoms in total. The minimum atomic E-state index is -0.0247. The number of aromatic nitrogens is 3. The van der Waals surface area contributed by atoms with E-state index in [1.54, 1.807) is 0 Å². The highest BCUT2D eigenvalue weighted by Crippen LogP contribution is 2.29. The van der Waals surface area contributed by atoms with E-state index in [4.69, 9.17) is 9.52 Å². The minimum Gasteiger partial charge on any atom is -0.440 e. The Morgan fingerprint density at radius 3 is 2.69 bits per heavy atom. The lowest BCUT2D eigenvalue weighted by Gasteiger charge is -2.42. The van der Waals surface area contributed by atoms with E-state index in [-0.39, 0.29) is 11.8 Å². The number of hydrogen-bond acceptors (Lipinski definition) is 6. The summed E-state index contributed by atoms with van der Waals surface area (Å²) in [5.41, 5.74) is 4.83. The van der Waals surface area contributed by atoms with E-state index < -0.39 is 0 Å². The molecule has 1 aliphatic heterocycles. The molecule has 1 saturated heterocycles. The summed E-state index contributed by atoms with van der Waals surface area (Å²) in [6, 6.07) is 17.8. The third kappa shape index (κ3) is 4.86. The Balaban J connectivity index is 1.41. The van der Waals surface area contributed by atoms with E-state index in [0.717, 1.165) is 38.2 Å². The third-order valence-corrected chi connectivity index (χ3v) is 6.93. The van der Waals surface area contributed by atoms with Crippen molar-refractivity contribution in [2.24, 2.45) is 0 Å². The van der Waals surface area contributed by atoms with Crippen molar-refractivity contribution >= 4 is 22.4 Å². The zero-order valence-electron chi connectivity index (χ0n) is 20.7. The van der Waals surface area contributed by atoms with Crippen LogP contribution in [0.3, 0.4) is 0 Å². The van der Waals surface area contributed by atoms with Crippen molar-refractivity contribution in [2.75, 3.05) is 31.1 Å². The number of carbonyl (C=O) groups is 1. The Morgan fingerprint density at radius 1 is 1.14 bits per heavy atom. The Labute approximate surface area is 206 Å². The smallest absolute Gasteiger partial charge is 0.213 e. The highest BCUT2D eigenvalue weighted by Gasteiger charge is 2.30. The van der Waals surface area contributed by atoms with Gasteiger partial charge in [-0.25, -0.2) is 4.98 Å². The molecule has 182 valence electrons. The number of ketones is 1. The second-order valence-corrected chi connectivity index (χ2v) is 9.59. The average molecular weight is 472 g/mol. The van der Waals surface area contributed by atoms with Crippen molar-refractivity contribution in [3.63, 3.8) is 0 Å². The minimum absolute atomic E-state index is 0.0247. The summed E-state index contributed by atoms with van der Waals surface area (Å²) in [5.74, 6) is 0.299. The fourth-order valence-electron chi connectivity index (χ4n) is 5.07. The van der Waals surface area contributed by atoms with Gasteiger partial charge >= 0.3 is 0 Å². The van der Waals surface area contributed by atoms with E-state index in [0.29, 0.717) is 18.3 Å². The van der Waals surface area contributed by atoms with Crippen molar-refractivity contribution in [3.05, 3.63) is 78.1 Å². The molecule has 3 heterocycles. The fraction of sp³-hybridized carbons (Fsp3) is 0.393. The number of fused-ring (bicyclic) bond motifs is 1. The Bertz CT molecular complexity index is 1280. The molecule has 0 amide bonds. The van der Waals surface area contributed by atoms with Crippen LogP contribution < -0.4 is 4.90 Å². The maximum Gasteiger partial charge on any atom is 0.213 e. The van der Waals surface area contributed by atoms with Crippen LogP contribution in [0.4, 0.5) is 5.69 Å². The number of Topliss-reactive ketones (excluding diaryl/α,β-unsaturated/α-hetero) is 1. The summed E-state index contributed by atoms with van der Waals surface area (Å²) in [4.78, 5) is 21.5. The van der Waals surface area contributed by atoms with Gasteiger partial charge in [-0.3, -0.25) is 14.4 Å². The Morgan fingerprint density at radius 2 is 1.97 bits per heavy atom. The first-order valence-electron chi connectivity index (χ1n) is 12.5. The van der Waals surface area contributed by atoms with Crippen LogP contribution in [0.25, 0.3) is 10.9 Å². The first kappa shape index (κ1) is 23.3. The number of hydrogen-bond donors (Lipinski definition) is 0. The average Bonchev–Trinajstić information content (AvgIpc) is 3.54. The molecule has 1 aliphatic rings. The number of carbonyl (C=O) groups excluding carboxylic acids is 1. The predicted molar refractivity (Wildman–Crippen MR) is 138 cm³/mol. The van der Waals surface area contributed by atoms with Gasteiger partial charge in [0.05, 0.1) is 24.0 Å². The fourth-order valence-corrected chi connectivity index (χ4v) is 5.07. The summed E-state index contributed by atoms with van der Waals surface area (Å²) in [7, 11) is 0. The van der Waals surface area contributed by atoms with Gasteiger partial charge < -0.3 is 9.32 Å². The second-order valence-electron chi connectivity index (χ2n) is 9.59. The highest BCUT2D eigenvalue weighted by molar-refractivity contribution is 5.94. The van der Waals surface area contributed by atoms with Crippen molar-refractivity contribution in [1.29, 1.82) is 0 Å². The molecule has 0 radical (unpaired) electrons. The number of nitrogens with zero attached hydrogens (tertiary/aromatic N) is 5. The molecule has 2 aromatic heterocycles. The van der Waals surface area contributed by atoms with Crippen molar-refractivity contribution in [1.82, 2.24) is 19.7 Å². The van der Waals surface area contributed by atoms with Crippen LogP contribution in [0.1, 0.15) is 48.6 Å². The van der Waals surface area contributed by atoms with Crippen molar-refractivity contribution < 1.29 is 9.21 Å². The maximum atomic E-state index is 12.8. The molecule has 5 rings (SSSR count). The van der Waals surface area contributed by atoms with Crippen LogP contribution in [0.5, 0.6) is 0 Å². The summed E-state index contributed by atoms with van der Waals surface area (Å²) in [6.45, 7) is 9.36. The zero-order chi connectivity index (χ0) is 24.4. The lowest BCUT2D eigenvalue weighted by molar-refractivity contribution is 0.0848. The molecule has 1 fully saturated rings. The number of anilines is 1. The maximum absolute atomic E-state index is 12.8. The zero-order valence-corrected chi connectivity index (χ0v) is 20.7. The summed E-state index contributed by atoms with van der Waals surface area (Å²) >= 11 is 0. The van der Waals surface area contributed by atoms with Gasteiger partial charge in [-0.05, 0) is 50.5 Å². The number of rotatable bonds is 8. The van der Waals surface area contributed by atoms with E-state index >= 15 is 0 Å². The van der Waals surface area contributed by atoms with E-state index in [1.807, 2.05) is 6.07 Å². The molecule has 0 bridgehead atoms. The van der Waals surface area contributed by atoms with Gasteiger partial charge in [0.15, 0.2) is 12.2 Å². The van der Waals surface area contributed by atoms with Gasteiger partial charge in [0.25, 0.3) is 0 Å². The van der Waals surface area contributed by atoms with Gasteiger partial charge in [0.2, 0.25) is 5.78 Å². The Kier molecular flexibility index (Phi) is 6.68. The second kappa shape index (κ2) is 10.0. The summed E-state index contributed by atoms with van der Waals surface area (Å²) in [6.07, 6.45) is 4.62. The highest BCUT2D eigenvalue weighted by atomic mass is 16.3. The number of piperazine rings is 1. The van der Waals surface area contributed by atoms with Crippen LogP contribution >= 0.6 is 0 Å². The van der Waals surface area contributed by atoms with E-state index in [1.165, 1.54) is 34.7 Å². The van der Waals surface area contributed by atoms with Gasteiger partial charge in [0.1, 0.15) is 0 Å². The standard InChI is InChI=1S/C28H33N5O2/c1-4-25-24-11-10-22(15-26(24)33(30-25)20(2)3)31-12-13-32(18-27(34)28-16-29-19-35-28)23(17-31)14-21-8-6-5-7-9-21/h5-11,15-16,19-20,23H,4,12-14,17-18H2,1-3H3/t23-/m0/s1. The molecule has 0 N–H and O–H groups in total. The van der Waals surface area contributed by atoms with Crippen molar-refractivity contribution in [3.8, 4) is 0 Å². The first-order valence-corrected chi connectivity index (χ1v) is 12.5. The number of oxazole rings is 1. The van der Waals surface area contributed by atoms with Gasteiger partial charge in [-0.2, -0.15) is 5.10 Å². The number of benzene rings is 2. The van der Waals surface area contributed by atoms with Crippen LogP contribution in [0, 0.1) is 0 Å². The molecule has 7 heteroatoms. The molecule has 1 atom stereocenters. The molecule has 0 saturated carbocycles. The molecule has 2 aromatic carbocycles. The molecule has 0 spiro atoms. The molecular weight excluding hydrogens is 438 g/mol. The molecule has 35 heavy (non-hydrogen) atoms. The van der Waals surface area contributed by atoms with Crippen molar-refractivity contribution in [2.45, 2.75) is 45.7 Å². The largest absolute Gasteiger partial charge is 0.440 e. The van der Waals surface area contributed by atoms with E-state index in [2.05, 4.69) is 82.7 Å². The normalized spacial score (nSPS) is 16.9. The lowest BCUT2D eigenvalue weighted by Crippen LogP contribution is -2.55. The topological polar surface area (TPSA) is 67.4 Å².